The fourth-order valence-electron chi connectivity index (χ4n) is 8.78. The zero-order chi connectivity index (χ0) is 39.8. The van der Waals surface area contributed by atoms with E-state index < -0.39 is 0 Å². The van der Waals surface area contributed by atoms with Crippen LogP contribution in [0.15, 0.2) is 237 Å². The first-order valence-electron chi connectivity index (χ1n) is 20.5. The van der Waals surface area contributed by atoms with Gasteiger partial charge in [-0.1, -0.05) is 194 Å². The smallest absolute Gasteiger partial charge is 0.0640 e. The van der Waals surface area contributed by atoms with Gasteiger partial charge in [-0.3, -0.25) is 0 Å². The molecule has 0 aliphatic rings. The Morgan fingerprint density at radius 2 is 0.733 bits per heavy atom. The molecule has 0 aliphatic heterocycles. The van der Waals surface area contributed by atoms with Gasteiger partial charge in [-0.25, -0.2) is 0 Å². The van der Waals surface area contributed by atoms with E-state index in [1.807, 2.05) is 11.3 Å². The lowest BCUT2D eigenvalue weighted by Gasteiger charge is -2.26. The molecule has 0 N–H and O–H groups in total. The van der Waals surface area contributed by atoms with Gasteiger partial charge in [-0.2, -0.15) is 0 Å². The van der Waals surface area contributed by atoms with Crippen LogP contribution in [0.25, 0.3) is 86.6 Å². The van der Waals surface area contributed by atoms with E-state index in [0.717, 1.165) is 17.1 Å². The largest absolute Gasteiger partial charge is 0.309 e. The maximum absolute atomic E-state index is 2.44. The van der Waals surface area contributed by atoms with Crippen molar-refractivity contribution in [3.8, 4) is 55.6 Å². The highest BCUT2D eigenvalue weighted by atomic mass is 32.1. The van der Waals surface area contributed by atoms with Crippen LogP contribution in [-0.2, 0) is 0 Å². The van der Waals surface area contributed by atoms with Gasteiger partial charge in [0.1, 0.15) is 0 Å². The molecule has 0 saturated heterocycles. The summed E-state index contributed by atoms with van der Waals surface area (Å²) in [5, 5.41) is 5.04. The van der Waals surface area contributed by atoms with Crippen LogP contribution in [0.5, 0.6) is 0 Å². The van der Waals surface area contributed by atoms with Crippen LogP contribution in [0.4, 0.5) is 17.1 Å². The van der Waals surface area contributed by atoms with Crippen molar-refractivity contribution in [2.24, 2.45) is 0 Å². The third-order valence-electron chi connectivity index (χ3n) is 11.7. The van der Waals surface area contributed by atoms with Crippen molar-refractivity contribution >= 4 is 59.3 Å². The Balaban J connectivity index is 1.10. The van der Waals surface area contributed by atoms with E-state index in [-0.39, 0.29) is 0 Å². The van der Waals surface area contributed by atoms with Gasteiger partial charge in [-0.15, -0.1) is 11.3 Å². The third-order valence-corrected chi connectivity index (χ3v) is 12.9. The molecule has 0 atom stereocenters. The van der Waals surface area contributed by atoms with Gasteiger partial charge >= 0.3 is 0 Å². The van der Waals surface area contributed by atoms with Gasteiger partial charge in [-0.05, 0) is 103 Å². The van der Waals surface area contributed by atoms with Crippen molar-refractivity contribution in [3.05, 3.63) is 237 Å². The Bertz CT molecular complexity index is 3260. The fraction of sp³-hybridized carbons (Fsp3) is 0. The Labute approximate surface area is 354 Å². The highest BCUT2D eigenvalue weighted by molar-refractivity contribution is 7.27. The summed E-state index contributed by atoms with van der Waals surface area (Å²) >= 11 is 1.89. The molecule has 2 heteroatoms. The first kappa shape index (κ1) is 35.6. The van der Waals surface area contributed by atoms with Crippen molar-refractivity contribution in [2.45, 2.75) is 0 Å². The van der Waals surface area contributed by atoms with Gasteiger partial charge in [0.15, 0.2) is 0 Å². The lowest BCUT2D eigenvalue weighted by molar-refractivity contribution is 1.30. The summed E-state index contributed by atoms with van der Waals surface area (Å²) in [6.07, 6.45) is 0. The summed E-state index contributed by atoms with van der Waals surface area (Å²) in [6.45, 7) is 0. The number of thiophene rings is 1. The lowest BCUT2D eigenvalue weighted by atomic mass is 9.91. The van der Waals surface area contributed by atoms with E-state index in [1.165, 1.54) is 86.6 Å². The molecule has 0 fully saturated rings. The molecule has 1 nitrogen and oxygen atoms in total. The number of fused-ring (bicyclic) bond motifs is 4. The van der Waals surface area contributed by atoms with E-state index in [0.29, 0.717) is 0 Å². The molecule has 0 spiro atoms. The molecule has 11 aromatic rings. The predicted octanol–water partition coefficient (Wildman–Crippen LogP) is 17.0. The third kappa shape index (κ3) is 6.44. The number of hydrogen-bond donors (Lipinski definition) is 0. The van der Waals surface area contributed by atoms with Gasteiger partial charge in [0.2, 0.25) is 0 Å². The quantitative estimate of drug-likeness (QED) is 0.148. The van der Waals surface area contributed by atoms with Gasteiger partial charge < -0.3 is 4.90 Å². The van der Waals surface area contributed by atoms with Gasteiger partial charge in [0, 0.05) is 32.4 Å². The number of anilines is 3. The first-order valence-corrected chi connectivity index (χ1v) is 21.3. The van der Waals surface area contributed by atoms with Gasteiger partial charge in [0.25, 0.3) is 0 Å². The maximum atomic E-state index is 2.44. The van der Waals surface area contributed by atoms with Crippen LogP contribution in [0.2, 0.25) is 0 Å². The molecule has 1 aromatic heterocycles. The second kappa shape index (κ2) is 15.3. The molecule has 0 bridgehead atoms. The molecule has 0 radical (unpaired) electrons. The van der Waals surface area contributed by atoms with E-state index in [2.05, 4.69) is 241 Å². The summed E-state index contributed by atoms with van der Waals surface area (Å²) < 4.78 is 2.55. The molecule has 282 valence electrons. The van der Waals surface area contributed by atoms with Crippen LogP contribution in [0.3, 0.4) is 0 Å². The average Bonchev–Trinajstić information content (AvgIpc) is 3.72. The minimum atomic E-state index is 1.10. The number of nitrogens with zero attached hydrogens (tertiary/aromatic N) is 1. The fourth-order valence-corrected chi connectivity index (χ4v) is 10.1. The SMILES string of the molecule is c1ccc(-c2ccc(N(c3ccc(-c4cccc5cccc(-c6ccccc6)c45)cc3)c3cccc4c3sc3c(-c5ccccc5)cc(-c5ccccc5)cc34)cc2)cc1. The molecule has 10 aromatic carbocycles. The summed E-state index contributed by atoms with van der Waals surface area (Å²) in [6, 6.07) is 86.0. The normalized spacial score (nSPS) is 11.3. The van der Waals surface area contributed by atoms with Crippen molar-refractivity contribution in [1.82, 2.24) is 0 Å². The Hall–Kier alpha value is -7.52. The van der Waals surface area contributed by atoms with Crippen LogP contribution < -0.4 is 4.90 Å². The molecule has 0 saturated carbocycles. The molecule has 0 aliphatic carbocycles. The predicted molar refractivity (Wildman–Crippen MR) is 259 cm³/mol. The van der Waals surface area contributed by atoms with E-state index in [1.54, 1.807) is 0 Å². The minimum absolute atomic E-state index is 1.10. The summed E-state index contributed by atoms with van der Waals surface area (Å²) in [4.78, 5) is 2.44. The van der Waals surface area contributed by atoms with Crippen molar-refractivity contribution in [3.63, 3.8) is 0 Å². The number of hydrogen-bond acceptors (Lipinski definition) is 2. The lowest BCUT2D eigenvalue weighted by Crippen LogP contribution is -2.10. The van der Waals surface area contributed by atoms with Crippen molar-refractivity contribution < 1.29 is 0 Å². The maximum Gasteiger partial charge on any atom is 0.0640 e. The van der Waals surface area contributed by atoms with Gasteiger partial charge in [0.05, 0.1) is 10.4 Å². The van der Waals surface area contributed by atoms with Crippen molar-refractivity contribution in [2.75, 3.05) is 4.90 Å². The minimum Gasteiger partial charge on any atom is -0.309 e. The number of benzene rings is 10. The van der Waals surface area contributed by atoms with E-state index in [9.17, 15) is 0 Å². The molecule has 60 heavy (non-hydrogen) atoms. The van der Waals surface area contributed by atoms with Crippen LogP contribution in [-0.4, -0.2) is 0 Å². The first-order chi connectivity index (χ1) is 29.8. The molecule has 1 heterocycles. The highest BCUT2D eigenvalue weighted by Gasteiger charge is 2.21. The highest BCUT2D eigenvalue weighted by Crippen LogP contribution is 2.49. The zero-order valence-corrected chi connectivity index (χ0v) is 33.7. The van der Waals surface area contributed by atoms with Crippen LogP contribution in [0, 0.1) is 0 Å². The second-order valence-electron chi connectivity index (χ2n) is 15.3. The van der Waals surface area contributed by atoms with Crippen LogP contribution in [0.1, 0.15) is 0 Å². The summed E-state index contributed by atoms with van der Waals surface area (Å²) in [7, 11) is 0. The monoisotopic (exact) mass is 781 g/mol. The Kier molecular flexibility index (Phi) is 9.11. The summed E-state index contributed by atoms with van der Waals surface area (Å²) in [5.74, 6) is 0. The molecule has 11 rings (SSSR count). The standard InChI is InChI=1S/C58H39NS/c1-5-16-40(17-6-1)42-30-34-48(35-31-42)59(49-36-32-45(33-37-49)51-27-14-25-46-24-13-26-50(56(46)51)43-20-9-3-10-21-43)55-29-15-28-52-54-39-47(41-18-7-2-8-19-41)38-53(57(54)60-58(52)55)44-22-11-4-12-23-44/h1-39H. The zero-order valence-electron chi connectivity index (χ0n) is 32.9. The topological polar surface area (TPSA) is 3.24 Å². The molecule has 0 unspecified atom stereocenters. The summed E-state index contributed by atoms with van der Waals surface area (Å²) in [5.41, 5.74) is 15.6. The molecular weight excluding hydrogens is 743 g/mol. The second-order valence-corrected chi connectivity index (χ2v) is 16.3. The Morgan fingerprint density at radius 1 is 0.283 bits per heavy atom. The average molecular weight is 782 g/mol. The van der Waals surface area contributed by atoms with Crippen LogP contribution >= 0.6 is 11.3 Å². The molecular formula is C58H39NS. The van der Waals surface area contributed by atoms with Crippen molar-refractivity contribution in [1.29, 1.82) is 0 Å². The Morgan fingerprint density at radius 3 is 1.30 bits per heavy atom. The van der Waals surface area contributed by atoms with E-state index in [4.69, 9.17) is 0 Å². The van der Waals surface area contributed by atoms with E-state index >= 15 is 0 Å². The molecule has 0 amide bonds. The number of rotatable bonds is 8.